The molecule has 0 aromatic heterocycles. The van der Waals surface area contributed by atoms with Crippen LogP contribution in [0.2, 0.25) is 0 Å². The Morgan fingerprint density at radius 2 is 1.83 bits per heavy atom. The predicted molar refractivity (Wildman–Crippen MR) is 46.0 cm³/mol. The van der Waals surface area contributed by atoms with E-state index in [2.05, 4.69) is 4.18 Å². The lowest BCUT2D eigenvalue weighted by Crippen LogP contribution is -2.23. The SMILES string of the molecule is CC(C)(C)CC(O)OS(C)(=O)=O. The summed E-state index contributed by atoms with van der Waals surface area (Å²) in [6.45, 7) is 5.67. The van der Waals surface area contributed by atoms with Gasteiger partial charge in [0.1, 0.15) is 0 Å². The standard InChI is InChI=1S/C7H16O4S/c1-7(2,3)5-6(8)11-12(4,9)10/h6,8H,5H2,1-4H3. The third-order valence-electron chi connectivity index (χ3n) is 1.07. The molecule has 0 bridgehead atoms. The minimum Gasteiger partial charge on any atom is -0.367 e. The van der Waals surface area contributed by atoms with Gasteiger partial charge in [0.25, 0.3) is 10.1 Å². The summed E-state index contributed by atoms with van der Waals surface area (Å²) in [6, 6.07) is 0. The van der Waals surface area contributed by atoms with Crippen LogP contribution in [0.1, 0.15) is 27.2 Å². The maximum absolute atomic E-state index is 10.5. The van der Waals surface area contributed by atoms with Gasteiger partial charge in [-0.05, 0) is 5.41 Å². The summed E-state index contributed by atoms with van der Waals surface area (Å²) in [7, 11) is -3.55. The van der Waals surface area contributed by atoms with Crippen molar-refractivity contribution in [1.29, 1.82) is 0 Å². The number of aliphatic hydroxyl groups excluding tert-OH is 1. The second-order valence-electron chi connectivity index (χ2n) is 4.02. The maximum Gasteiger partial charge on any atom is 0.266 e. The first-order chi connectivity index (χ1) is 5.10. The van der Waals surface area contributed by atoms with Crippen LogP contribution in [0.4, 0.5) is 0 Å². The van der Waals surface area contributed by atoms with Crippen LogP contribution in [-0.4, -0.2) is 26.1 Å². The summed E-state index contributed by atoms with van der Waals surface area (Å²) in [6.07, 6.45) is -0.0288. The molecule has 0 spiro atoms. The fourth-order valence-electron chi connectivity index (χ4n) is 0.760. The van der Waals surface area contributed by atoms with Crippen molar-refractivity contribution >= 4 is 10.1 Å². The van der Waals surface area contributed by atoms with E-state index in [1.807, 2.05) is 20.8 Å². The van der Waals surface area contributed by atoms with Gasteiger partial charge in [0.2, 0.25) is 0 Å². The molecule has 0 heterocycles. The fraction of sp³-hybridized carbons (Fsp3) is 1.00. The largest absolute Gasteiger partial charge is 0.367 e. The molecule has 12 heavy (non-hydrogen) atoms. The first kappa shape index (κ1) is 11.9. The molecule has 0 aromatic rings. The Bertz CT molecular complexity index is 224. The second-order valence-corrected chi connectivity index (χ2v) is 5.62. The first-order valence-corrected chi connectivity index (χ1v) is 5.48. The Kier molecular flexibility index (Phi) is 3.68. The Morgan fingerprint density at radius 1 is 1.42 bits per heavy atom. The molecule has 0 aliphatic rings. The third kappa shape index (κ3) is 7.97. The van der Waals surface area contributed by atoms with E-state index in [0.29, 0.717) is 6.42 Å². The van der Waals surface area contributed by atoms with Crippen LogP contribution < -0.4 is 0 Å². The Morgan fingerprint density at radius 3 is 2.08 bits per heavy atom. The molecule has 0 rings (SSSR count). The van der Waals surface area contributed by atoms with Gasteiger partial charge in [0, 0.05) is 6.42 Å². The average Bonchev–Trinajstić information content (AvgIpc) is 1.49. The van der Waals surface area contributed by atoms with E-state index in [-0.39, 0.29) is 5.41 Å². The van der Waals surface area contributed by atoms with E-state index in [0.717, 1.165) is 6.26 Å². The van der Waals surface area contributed by atoms with Crippen molar-refractivity contribution in [3.8, 4) is 0 Å². The van der Waals surface area contributed by atoms with E-state index < -0.39 is 16.4 Å². The molecule has 1 atom stereocenters. The molecule has 0 aliphatic heterocycles. The average molecular weight is 196 g/mol. The molecule has 0 saturated heterocycles. The highest BCUT2D eigenvalue weighted by molar-refractivity contribution is 7.86. The Hall–Kier alpha value is -0.130. The minimum absolute atomic E-state index is 0.149. The maximum atomic E-state index is 10.5. The molecule has 1 N–H and O–H groups in total. The van der Waals surface area contributed by atoms with Gasteiger partial charge in [-0.1, -0.05) is 20.8 Å². The quantitative estimate of drug-likeness (QED) is 0.533. The van der Waals surface area contributed by atoms with E-state index >= 15 is 0 Å². The van der Waals surface area contributed by atoms with Gasteiger partial charge < -0.3 is 5.11 Å². The predicted octanol–water partition coefficient (Wildman–Crippen LogP) is 0.717. The lowest BCUT2D eigenvalue weighted by molar-refractivity contribution is -0.0385. The molecule has 0 aliphatic carbocycles. The normalized spacial score (nSPS) is 16.1. The Labute approximate surface area is 73.7 Å². The van der Waals surface area contributed by atoms with Crippen LogP contribution in [0.15, 0.2) is 0 Å². The highest BCUT2D eigenvalue weighted by atomic mass is 32.2. The highest BCUT2D eigenvalue weighted by Gasteiger charge is 2.20. The second kappa shape index (κ2) is 3.72. The highest BCUT2D eigenvalue weighted by Crippen LogP contribution is 2.21. The molecule has 5 heteroatoms. The summed E-state index contributed by atoms with van der Waals surface area (Å²) in [5, 5.41) is 9.12. The van der Waals surface area contributed by atoms with Crippen molar-refractivity contribution in [1.82, 2.24) is 0 Å². The van der Waals surface area contributed by atoms with E-state index in [9.17, 15) is 8.42 Å². The molecule has 0 amide bonds. The van der Waals surface area contributed by atoms with Crippen LogP contribution in [0, 0.1) is 5.41 Å². The van der Waals surface area contributed by atoms with Gasteiger partial charge >= 0.3 is 0 Å². The third-order valence-corrected chi connectivity index (χ3v) is 1.64. The van der Waals surface area contributed by atoms with Crippen molar-refractivity contribution in [2.45, 2.75) is 33.5 Å². The summed E-state index contributed by atoms with van der Waals surface area (Å²) in [4.78, 5) is 0. The molecule has 0 aromatic carbocycles. The van der Waals surface area contributed by atoms with E-state index in [1.54, 1.807) is 0 Å². The van der Waals surface area contributed by atoms with Gasteiger partial charge in [0.05, 0.1) is 6.26 Å². The topological polar surface area (TPSA) is 63.6 Å². The van der Waals surface area contributed by atoms with Crippen molar-refractivity contribution < 1.29 is 17.7 Å². The first-order valence-electron chi connectivity index (χ1n) is 3.66. The van der Waals surface area contributed by atoms with E-state index in [1.165, 1.54) is 0 Å². The Balaban J connectivity index is 4.00. The minimum atomic E-state index is -3.55. The summed E-state index contributed by atoms with van der Waals surface area (Å²) in [5.41, 5.74) is -0.149. The number of hydrogen-bond acceptors (Lipinski definition) is 4. The number of aliphatic hydroxyl groups is 1. The summed E-state index contributed by atoms with van der Waals surface area (Å²) in [5.74, 6) is 0. The van der Waals surface area contributed by atoms with Crippen molar-refractivity contribution in [2.24, 2.45) is 5.41 Å². The molecular weight excluding hydrogens is 180 g/mol. The number of hydrogen-bond donors (Lipinski definition) is 1. The smallest absolute Gasteiger partial charge is 0.266 e. The molecule has 0 radical (unpaired) electrons. The van der Waals surface area contributed by atoms with Crippen molar-refractivity contribution in [2.75, 3.05) is 6.26 Å². The van der Waals surface area contributed by atoms with Gasteiger partial charge in [-0.2, -0.15) is 8.42 Å². The van der Waals surface area contributed by atoms with Crippen molar-refractivity contribution in [3.63, 3.8) is 0 Å². The zero-order valence-electron chi connectivity index (χ0n) is 7.86. The van der Waals surface area contributed by atoms with Crippen LogP contribution in [-0.2, 0) is 14.3 Å². The van der Waals surface area contributed by atoms with Crippen LogP contribution in [0.25, 0.3) is 0 Å². The summed E-state index contributed by atoms with van der Waals surface area (Å²) >= 11 is 0. The lowest BCUT2D eigenvalue weighted by Gasteiger charge is -2.21. The summed E-state index contributed by atoms with van der Waals surface area (Å²) < 4.78 is 25.4. The van der Waals surface area contributed by atoms with Gasteiger partial charge in [-0.15, -0.1) is 0 Å². The van der Waals surface area contributed by atoms with Crippen LogP contribution in [0.3, 0.4) is 0 Å². The molecule has 0 fully saturated rings. The monoisotopic (exact) mass is 196 g/mol. The van der Waals surface area contributed by atoms with Crippen molar-refractivity contribution in [3.05, 3.63) is 0 Å². The van der Waals surface area contributed by atoms with Crippen LogP contribution in [0.5, 0.6) is 0 Å². The molecular formula is C7H16O4S. The zero-order chi connectivity index (χ0) is 9.99. The molecule has 1 unspecified atom stereocenters. The fourth-order valence-corrected chi connectivity index (χ4v) is 1.23. The number of rotatable bonds is 3. The zero-order valence-corrected chi connectivity index (χ0v) is 8.68. The molecule has 74 valence electrons. The van der Waals surface area contributed by atoms with Gasteiger partial charge in [-0.25, -0.2) is 4.18 Å². The van der Waals surface area contributed by atoms with Gasteiger partial charge in [0.15, 0.2) is 6.29 Å². The molecule has 4 nitrogen and oxygen atoms in total. The molecule has 0 saturated carbocycles. The van der Waals surface area contributed by atoms with Crippen LogP contribution >= 0.6 is 0 Å². The lowest BCUT2D eigenvalue weighted by atomic mass is 9.92. The van der Waals surface area contributed by atoms with Gasteiger partial charge in [-0.3, -0.25) is 0 Å². The van der Waals surface area contributed by atoms with E-state index in [4.69, 9.17) is 5.11 Å².